The molecule has 96 valence electrons. The molecule has 0 aliphatic carbocycles. The highest BCUT2D eigenvalue weighted by Gasteiger charge is 2.14. The van der Waals surface area contributed by atoms with Crippen LogP contribution < -0.4 is 5.32 Å². The first-order valence-corrected chi connectivity index (χ1v) is 7.00. The van der Waals surface area contributed by atoms with E-state index in [0.717, 1.165) is 18.7 Å². The summed E-state index contributed by atoms with van der Waals surface area (Å²) in [6.07, 6.45) is 2.82. The highest BCUT2D eigenvalue weighted by Crippen LogP contribution is 2.19. The summed E-state index contributed by atoms with van der Waals surface area (Å²) < 4.78 is 8.44. The van der Waals surface area contributed by atoms with E-state index in [1.54, 1.807) is 0 Å². The van der Waals surface area contributed by atoms with Gasteiger partial charge in [0, 0.05) is 0 Å². The summed E-state index contributed by atoms with van der Waals surface area (Å²) in [6, 6.07) is 6.96. The van der Waals surface area contributed by atoms with Gasteiger partial charge in [0.25, 0.3) is 0 Å². The maximum Gasteiger partial charge on any atom is 0.0915 e. The van der Waals surface area contributed by atoms with Crippen LogP contribution in [0.2, 0.25) is 0 Å². The third-order valence-electron chi connectivity index (χ3n) is 2.91. The van der Waals surface area contributed by atoms with Crippen LogP contribution in [0.4, 0.5) is 0 Å². The lowest BCUT2D eigenvalue weighted by atomic mass is 10.00. The molecule has 0 amide bonds. The Kier molecular flexibility index (Phi) is 4.44. The molecule has 1 heterocycles. The smallest absolute Gasteiger partial charge is 0.0915 e. The number of aryl methyl sites for hydroxylation is 2. The summed E-state index contributed by atoms with van der Waals surface area (Å²) in [5.74, 6) is 0. The molecule has 1 aromatic heterocycles. The monoisotopic (exact) mass is 261 g/mol. The molecule has 18 heavy (non-hydrogen) atoms. The van der Waals surface area contributed by atoms with E-state index in [4.69, 9.17) is 0 Å². The highest BCUT2D eigenvalue weighted by molar-refractivity contribution is 6.99. The van der Waals surface area contributed by atoms with Gasteiger partial charge in [0.05, 0.1) is 29.7 Å². The summed E-state index contributed by atoms with van der Waals surface area (Å²) in [7, 11) is 0. The Balaban J connectivity index is 2.18. The molecule has 3 nitrogen and oxygen atoms in total. The lowest BCUT2D eigenvalue weighted by Gasteiger charge is -2.16. The minimum atomic E-state index is 0.259. The Hall–Kier alpha value is -1.26. The zero-order valence-electron chi connectivity index (χ0n) is 11.1. The Morgan fingerprint density at radius 1 is 1.22 bits per heavy atom. The number of benzene rings is 1. The van der Waals surface area contributed by atoms with Gasteiger partial charge in [0.1, 0.15) is 0 Å². The molecule has 0 saturated carbocycles. The number of nitrogens with one attached hydrogen (secondary N) is 1. The molecule has 0 aliphatic rings. The van der Waals surface area contributed by atoms with E-state index in [0.29, 0.717) is 0 Å². The van der Waals surface area contributed by atoms with E-state index in [1.807, 2.05) is 6.20 Å². The topological polar surface area (TPSA) is 37.8 Å². The van der Waals surface area contributed by atoms with Gasteiger partial charge in [-0.2, -0.15) is 8.75 Å². The summed E-state index contributed by atoms with van der Waals surface area (Å²) in [6.45, 7) is 7.34. The maximum absolute atomic E-state index is 4.34. The van der Waals surface area contributed by atoms with Crippen LogP contribution in [0.15, 0.2) is 24.4 Å². The largest absolute Gasteiger partial charge is 0.309 e. The van der Waals surface area contributed by atoms with E-state index in [9.17, 15) is 0 Å². The first kappa shape index (κ1) is 13.2. The first-order chi connectivity index (χ1) is 8.69. The van der Waals surface area contributed by atoms with Gasteiger partial charge in [-0.3, -0.25) is 0 Å². The summed E-state index contributed by atoms with van der Waals surface area (Å²) in [5, 5.41) is 3.48. The van der Waals surface area contributed by atoms with Crippen LogP contribution >= 0.6 is 11.7 Å². The van der Waals surface area contributed by atoms with Crippen molar-refractivity contribution in [1.82, 2.24) is 14.1 Å². The minimum Gasteiger partial charge on any atom is -0.309 e. The van der Waals surface area contributed by atoms with Crippen molar-refractivity contribution in [1.29, 1.82) is 0 Å². The zero-order chi connectivity index (χ0) is 13.0. The average Bonchev–Trinajstić information content (AvgIpc) is 2.80. The Bertz CT molecular complexity index is 473. The molecule has 0 fully saturated rings. The molecule has 1 atom stereocenters. The van der Waals surface area contributed by atoms with Gasteiger partial charge >= 0.3 is 0 Å². The quantitative estimate of drug-likeness (QED) is 0.899. The number of hydrogen-bond acceptors (Lipinski definition) is 4. The van der Waals surface area contributed by atoms with Crippen LogP contribution in [-0.4, -0.2) is 15.3 Å². The predicted molar refractivity (Wildman–Crippen MR) is 75.9 cm³/mol. The van der Waals surface area contributed by atoms with Gasteiger partial charge in [-0.15, -0.1) is 0 Å². The van der Waals surface area contributed by atoms with Crippen LogP contribution in [0.25, 0.3) is 0 Å². The van der Waals surface area contributed by atoms with Crippen LogP contribution in [0.3, 0.4) is 0 Å². The van der Waals surface area contributed by atoms with Crippen molar-refractivity contribution in [2.24, 2.45) is 0 Å². The van der Waals surface area contributed by atoms with Crippen molar-refractivity contribution in [2.75, 3.05) is 6.54 Å². The normalized spacial score (nSPS) is 12.6. The van der Waals surface area contributed by atoms with Gasteiger partial charge in [-0.25, -0.2) is 0 Å². The molecule has 0 radical (unpaired) electrons. The Morgan fingerprint density at radius 2 is 1.94 bits per heavy atom. The van der Waals surface area contributed by atoms with Crippen molar-refractivity contribution in [2.45, 2.75) is 33.2 Å². The Morgan fingerprint density at radius 3 is 2.50 bits per heavy atom. The molecule has 1 unspecified atom stereocenters. The summed E-state index contributed by atoms with van der Waals surface area (Å²) in [5.41, 5.74) is 5.03. The molecule has 4 heteroatoms. The fourth-order valence-electron chi connectivity index (χ4n) is 2.28. The van der Waals surface area contributed by atoms with E-state index in [1.165, 1.54) is 28.4 Å². The molecule has 1 aromatic carbocycles. The first-order valence-electron chi connectivity index (χ1n) is 6.27. The fraction of sp³-hybridized carbons (Fsp3) is 0.429. The summed E-state index contributed by atoms with van der Waals surface area (Å²) in [4.78, 5) is 0. The minimum absolute atomic E-state index is 0.259. The van der Waals surface area contributed by atoms with E-state index in [-0.39, 0.29) is 6.04 Å². The number of likely N-dealkylation sites (N-methyl/N-ethyl adjacent to an activating group) is 1. The molecule has 2 aromatic rings. The van der Waals surface area contributed by atoms with Crippen molar-refractivity contribution < 1.29 is 0 Å². The van der Waals surface area contributed by atoms with E-state index >= 15 is 0 Å². The van der Waals surface area contributed by atoms with Gasteiger partial charge < -0.3 is 5.32 Å². The second kappa shape index (κ2) is 6.07. The van der Waals surface area contributed by atoms with Crippen LogP contribution in [0, 0.1) is 13.8 Å². The second-order valence-electron chi connectivity index (χ2n) is 4.64. The lowest BCUT2D eigenvalue weighted by Crippen LogP contribution is -2.23. The standard InChI is InChI=1S/C14H19N3S/c1-4-15-13(14-9-16-18-17-14)8-12-6-10(2)5-11(3)7-12/h5-7,9,13,15H,4,8H2,1-3H3. The molecule has 0 saturated heterocycles. The number of hydrogen-bond donors (Lipinski definition) is 1. The zero-order valence-corrected chi connectivity index (χ0v) is 11.9. The third kappa shape index (κ3) is 3.37. The molecular formula is C14H19N3S. The number of rotatable bonds is 5. The Labute approximate surface area is 113 Å². The van der Waals surface area contributed by atoms with Gasteiger partial charge in [-0.05, 0) is 32.4 Å². The van der Waals surface area contributed by atoms with E-state index in [2.05, 4.69) is 53.0 Å². The molecule has 0 spiro atoms. The molecule has 1 N–H and O–H groups in total. The number of nitrogens with zero attached hydrogens (tertiary/aromatic N) is 2. The van der Waals surface area contributed by atoms with Crippen molar-refractivity contribution in [3.8, 4) is 0 Å². The molecular weight excluding hydrogens is 242 g/mol. The van der Waals surface area contributed by atoms with Crippen molar-refractivity contribution >= 4 is 11.7 Å². The lowest BCUT2D eigenvalue weighted by molar-refractivity contribution is 0.540. The van der Waals surface area contributed by atoms with Crippen molar-refractivity contribution in [3.05, 3.63) is 46.8 Å². The second-order valence-corrected chi connectivity index (χ2v) is 5.20. The molecule has 2 rings (SSSR count). The van der Waals surface area contributed by atoms with Crippen LogP contribution in [0.1, 0.15) is 35.3 Å². The fourth-order valence-corrected chi connectivity index (χ4v) is 2.75. The molecule has 0 bridgehead atoms. The SMILES string of the molecule is CCNC(Cc1cc(C)cc(C)c1)c1cnsn1. The maximum atomic E-state index is 4.34. The van der Waals surface area contributed by atoms with E-state index < -0.39 is 0 Å². The van der Waals surface area contributed by atoms with Crippen molar-refractivity contribution in [3.63, 3.8) is 0 Å². The van der Waals surface area contributed by atoms with Gasteiger partial charge in [-0.1, -0.05) is 36.2 Å². The summed E-state index contributed by atoms with van der Waals surface area (Å²) >= 11 is 1.27. The van der Waals surface area contributed by atoms with Crippen LogP contribution in [0.5, 0.6) is 0 Å². The number of aromatic nitrogens is 2. The van der Waals surface area contributed by atoms with Gasteiger partial charge in [0.15, 0.2) is 0 Å². The predicted octanol–water partition coefficient (Wildman–Crippen LogP) is 3.05. The van der Waals surface area contributed by atoms with Crippen LogP contribution in [-0.2, 0) is 6.42 Å². The van der Waals surface area contributed by atoms with Gasteiger partial charge in [0.2, 0.25) is 0 Å². The average molecular weight is 261 g/mol. The molecule has 0 aliphatic heterocycles. The third-order valence-corrected chi connectivity index (χ3v) is 3.40. The highest BCUT2D eigenvalue weighted by atomic mass is 32.1.